The van der Waals surface area contributed by atoms with E-state index in [1.54, 1.807) is 6.33 Å². The lowest BCUT2D eigenvalue weighted by Gasteiger charge is -2.21. The first-order valence-corrected chi connectivity index (χ1v) is 11.4. The lowest BCUT2D eigenvalue weighted by Crippen LogP contribution is -2.19. The summed E-state index contributed by atoms with van der Waals surface area (Å²) in [6, 6.07) is 23.1. The summed E-state index contributed by atoms with van der Waals surface area (Å²) in [7, 11) is 2.02. The largest absolute Gasteiger partial charge is 0.330 e. The van der Waals surface area contributed by atoms with Crippen LogP contribution in [0.5, 0.6) is 0 Å². The van der Waals surface area contributed by atoms with E-state index in [1.165, 1.54) is 24.0 Å². The van der Waals surface area contributed by atoms with Gasteiger partial charge in [-0.25, -0.2) is 0 Å². The molecule has 0 saturated heterocycles. The van der Waals surface area contributed by atoms with Crippen molar-refractivity contribution in [1.82, 2.24) is 19.6 Å². The van der Waals surface area contributed by atoms with Crippen LogP contribution in [0.2, 0.25) is 5.02 Å². The van der Waals surface area contributed by atoms with Crippen LogP contribution in [0.4, 0.5) is 11.5 Å². The van der Waals surface area contributed by atoms with Crippen molar-refractivity contribution in [2.24, 2.45) is 5.73 Å². The molecule has 5 aromatic rings. The predicted molar refractivity (Wildman–Crippen MR) is 133 cm³/mol. The number of rotatable bonds is 5. The van der Waals surface area contributed by atoms with Crippen LogP contribution in [0.3, 0.4) is 0 Å². The molecule has 2 aromatic heterocycles. The zero-order valence-corrected chi connectivity index (χ0v) is 19.0. The molecule has 0 amide bonds. The number of nitrogens with zero attached hydrogens (tertiary/aromatic N) is 5. The number of hydrogen-bond donors (Lipinski definition) is 1. The standard InChI is InChI=1S/C26H23ClN6/c1-32(24-22-10-9-20(27)14-23(22)33-16-29-31-25(33)30-24)21-4-2-3-18(13-21)17-5-7-19(8-6-17)26(15-28)11-12-26/h2-10,13-14,16H,11-12,15,28H2,1H3. The molecule has 1 fully saturated rings. The van der Waals surface area contributed by atoms with Gasteiger partial charge in [0, 0.05) is 35.1 Å². The monoisotopic (exact) mass is 454 g/mol. The third-order valence-electron chi connectivity index (χ3n) is 6.82. The fraction of sp³-hybridized carbons (Fsp3) is 0.192. The predicted octanol–water partition coefficient (Wildman–Crippen LogP) is 5.36. The molecule has 0 unspecified atom stereocenters. The van der Waals surface area contributed by atoms with E-state index in [9.17, 15) is 0 Å². The van der Waals surface area contributed by atoms with Gasteiger partial charge >= 0.3 is 0 Å². The molecule has 6 nitrogen and oxygen atoms in total. The molecule has 1 aliphatic carbocycles. The minimum Gasteiger partial charge on any atom is -0.330 e. The van der Waals surface area contributed by atoms with Crippen LogP contribution >= 0.6 is 11.6 Å². The van der Waals surface area contributed by atoms with Gasteiger partial charge in [0.2, 0.25) is 0 Å². The number of anilines is 2. The number of fused-ring (bicyclic) bond motifs is 3. The van der Waals surface area contributed by atoms with Gasteiger partial charge in [-0.1, -0.05) is 48.0 Å². The lowest BCUT2D eigenvalue weighted by atomic mass is 9.94. The molecule has 164 valence electrons. The Balaban J connectivity index is 1.40. The Bertz CT molecular complexity index is 1490. The van der Waals surface area contributed by atoms with E-state index in [2.05, 4.69) is 63.6 Å². The first-order valence-electron chi connectivity index (χ1n) is 11.0. The average molecular weight is 455 g/mol. The topological polar surface area (TPSA) is 72.3 Å². The summed E-state index contributed by atoms with van der Waals surface area (Å²) in [6.07, 6.45) is 4.03. The van der Waals surface area contributed by atoms with E-state index in [1.807, 2.05) is 29.6 Å². The summed E-state index contributed by atoms with van der Waals surface area (Å²) in [5.74, 6) is 1.33. The highest BCUT2D eigenvalue weighted by molar-refractivity contribution is 6.31. The van der Waals surface area contributed by atoms with Crippen LogP contribution in [-0.2, 0) is 5.41 Å². The molecular formula is C26H23ClN6. The van der Waals surface area contributed by atoms with Gasteiger partial charge in [-0.3, -0.25) is 4.40 Å². The molecule has 0 radical (unpaired) electrons. The molecule has 0 aliphatic heterocycles. The quantitative estimate of drug-likeness (QED) is 0.387. The number of benzene rings is 3. The first-order chi connectivity index (χ1) is 16.1. The van der Waals surface area contributed by atoms with Crippen molar-refractivity contribution in [3.63, 3.8) is 0 Å². The molecular weight excluding hydrogens is 432 g/mol. The van der Waals surface area contributed by atoms with Crippen molar-refractivity contribution in [2.75, 3.05) is 18.5 Å². The van der Waals surface area contributed by atoms with Crippen molar-refractivity contribution >= 4 is 39.8 Å². The second kappa shape index (κ2) is 7.54. The highest BCUT2D eigenvalue weighted by Gasteiger charge is 2.42. The minimum atomic E-state index is 0.205. The second-order valence-electron chi connectivity index (χ2n) is 8.77. The lowest BCUT2D eigenvalue weighted by molar-refractivity contribution is 0.705. The van der Waals surface area contributed by atoms with Gasteiger partial charge in [-0.15, -0.1) is 10.2 Å². The third-order valence-corrected chi connectivity index (χ3v) is 7.06. The van der Waals surface area contributed by atoms with Gasteiger partial charge < -0.3 is 10.6 Å². The van der Waals surface area contributed by atoms with Crippen molar-refractivity contribution in [3.05, 3.63) is 83.6 Å². The maximum Gasteiger partial charge on any atom is 0.257 e. The van der Waals surface area contributed by atoms with Crippen molar-refractivity contribution < 1.29 is 0 Å². The summed E-state index contributed by atoms with van der Waals surface area (Å²) < 4.78 is 1.85. The fourth-order valence-electron chi connectivity index (χ4n) is 4.57. The summed E-state index contributed by atoms with van der Waals surface area (Å²) in [4.78, 5) is 6.87. The zero-order chi connectivity index (χ0) is 22.6. The van der Waals surface area contributed by atoms with Gasteiger partial charge in [0.1, 0.15) is 12.1 Å². The minimum absolute atomic E-state index is 0.205. The Morgan fingerprint density at radius 3 is 2.61 bits per heavy atom. The van der Waals surface area contributed by atoms with Gasteiger partial charge in [0.25, 0.3) is 5.78 Å². The SMILES string of the molecule is CN(c1cccc(-c2ccc(C3(CN)CC3)cc2)c1)c1nc2nncn2c2cc(Cl)ccc12. The average Bonchev–Trinajstić information content (AvgIpc) is 3.52. The van der Waals surface area contributed by atoms with Crippen molar-refractivity contribution in [1.29, 1.82) is 0 Å². The van der Waals surface area contributed by atoms with E-state index >= 15 is 0 Å². The molecule has 3 aromatic carbocycles. The Labute approximate surface area is 196 Å². The maximum atomic E-state index is 6.28. The first kappa shape index (κ1) is 20.1. The Hall–Kier alpha value is -3.48. The Morgan fingerprint density at radius 2 is 1.85 bits per heavy atom. The van der Waals surface area contributed by atoms with Gasteiger partial charge in [-0.05, 0) is 59.9 Å². The molecule has 0 bridgehead atoms. The molecule has 0 spiro atoms. The highest BCUT2D eigenvalue weighted by atomic mass is 35.5. The fourth-order valence-corrected chi connectivity index (χ4v) is 4.74. The molecule has 7 heteroatoms. The summed E-state index contributed by atoms with van der Waals surface area (Å²) in [5, 5.41) is 9.82. The van der Waals surface area contributed by atoms with Crippen LogP contribution in [0.1, 0.15) is 18.4 Å². The van der Waals surface area contributed by atoms with Crippen LogP contribution in [0.15, 0.2) is 73.1 Å². The number of nitrogens with two attached hydrogens (primary N) is 1. The molecule has 2 N–H and O–H groups in total. The summed E-state index contributed by atoms with van der Waals surface area (Å²) >= 11 is 6.28. The van der Waals surface area contributed by atoms with Gasteiger partial charge in [0.05, 0.1) is 5.52 Å². The highest BCUT2D eigenvalue weighted by Crippen LogP contribution is 2.47. The van der Waals surface area contributed by atoms with Crippen molar-refractivity contribution in [3.8, 4) is 11.1 Å². The molecule has 33 heavy (non-hydrogen) atoms. The van der Waals surface area contributed by atoms with E-state index in [-0.39, 0.29) is 5.41 Å². The molecule has 1 aliphatic rings. The molecule has 0 atom stereocenters. The second-order valence-corrected chi connectivity index (χ2v) is 9.21. The van der Waals surface area contributed by atoms with Crippen LogP contribution in [0.25, 0.3) is 27.8 Å². The Kier molecular flexibility index (Phi) is 4.60. The normalized spacial score (nSPS) is 14.6. The smallest absolute Gasteiger partial charge is 0.257 e. The third kappa shape index (κ3) is 3.34. The summed E-state index contributed by atoms with van der Waals surface area (Å²) in [6.45, 7) is 0.717. The van der Waals surface area contributed by atoms with Crippen LogP contribution < -0.4 is 10.6 Å². The van der Waals surface area contributed by atoms with E-state index < -0.39 is 0 Å². The van der Waals surface area contributed by atoms with Gasteiger partial charge in [0.15, 0.2) is 0 Å². The number of halogens is 1. The van der Waals surface area contributed by atoms with Crippen molar-refractivity contribution in [2.45, 2.75) is 18.3 Å². The van der Waals surface area contributed by atoms with E-state index in [4.69, 9.17) is 22.3 Å². The number of hydrogen-bond acceptors (Lipinski definition) is 5. The molecule has 6 rings (SSSR count). The summed E-state index contributed by atoms with van der Waals surface area (Å²) in [5.41, 5.74) is 11.8. The van der Waals surface area contributed by atoms with E-state index in [0.29, 0.717) is 10.8 Å². The molecule has 1 saturated carbocycles. The maximum absolute atomic E-state index is 6.28. The zero-order valence-electron chi connectivity index (χ0n) is 18.2. The van der Waals surface area contributed by atoms with Gasteiger partial charge in [-0.2, -0.15) is 4.98 Å². The van der Waals surface area contributed by atoms with Crippen LogP contribution in [-0.4, -0.2) is 33.2 Å². The Morgan fingerprint density at radius 1 is 1.03 bits per heavy atom. The number of aromatic nitrogens is 4. The molecule has 2 heterocycles. The van der Waals surface area contributed by atoms with Crippen LogP contribution in [0, 0.1) is 0 Å². The van der Waals surface area contributed by atoms with E-state index in [0.717, 1.165) is 34.5 Å².